The number of benzene rings is 1. The van der Waals surface area contributed by atoms with Gasteiger partial charge >= 0.3 is 0 Å². The monoisotopic (exact) mass is 171 g/mol. The molecule has 2 nitrogen and oxygen atoms in total. The van der Waals surface area contributed by atoms with Crippen LogP contribution in [-0.4, -0.2) is 13.6 Å². The van der Waals surface area contributed by atoms with Gasteiger partial charge in [0.25, 0.3) is 0 Å². The SMILES string of the molecule is [B]c1ccccc1C1CC(C)=NO1. The number of nitrogens with zero attached hydrogens (tertiary/aromatic N) is 1. The van der Waals surface area contributed by atoms with Crippen molar-refractivity contribution in [2.75, 3.05) is 0 Å². The quantitative estimate of drug-likeness (QED) is 0.584. The molecular formula is C10H10BNO. The van der Waals surface area contributed by atoms with Crippen molar-refractivity contribution in [1.82, 2.24) is 0 Å². The molecule has 1 aliphatic heterocycles. The van der Waals surface area contributed by atoms with Crippen molar-refractivity contribution in [3.05, 3.63) is 29.8 Å². The molecule has 1 aromatic carbocycles. The van der Waals surface area contributed by atoms with Crippen LogP contribution in [0.25, 0.3) is 0 Å². The Bertz CT molecular complexity index is 349. The van der Waals surface area contributed by atoms with E-state index in [1.54, 1.807) is 0 Å². The third-order valence-corrected chi connectivity index (χ3v) is 2.16. The molecule has 1 unspecified atom stereocenters. The molecule has 0 fully saturated rings. The Hall–Kier alpha value is -1.25. The summed E-state index contributed by atoms with van der Waals surface area (Å²) in [6, 6.07) is 7.74. The summed E-state index contributed by atoms with van der Waals surface area (Å²) in [7, 11) is 5.81. The summed E-state index contributed by atoms with van der Waals surface area (Å²) in [5.74, 6) is 0. The molecule has 1 aromatic rings. The summed E-state index contributed by atoms with van der Waals surface area (Å²) < 4.78 is 0. The molecule has 0 bridgehead atoms. The van der Waals surface area contributed by atoms with Gasteiger partial charge in [0.05, 0.1) is 5.71 Å². The first-order chi connectivity index (χ1) is 6.27. The third-order valence-electron chi connectivity index (χ3n) is 2.16. The molecule has 2 rings (SSSR count). The van der Waals surface area contributed by atoms with E-state index in [4.69, 9.17) is 12.7 Å². The van der Waals surface area contributed by atoms with Crippen LogP contribution in [0.4, 0.5) is 0 Å². The third kappa shape index (κ3) is 1.59. The van der Waals surface area contributed by atoms with Gasteiger partial charge in [0, 0.05) is 6.42 Å². The normalized spacial score (nSPS) is 21.0. The molecule has 1 heterocycles. The molecule has 64 valence electrons. The maximum Gasteiger partial charge on any atom is 0.157 e. The van der Waals surface area contributed by atoms with Gasteiger partial charge in [0.1, 0.15) is 7.85 Å². The van der Waals surface area contributed by atoms with E-state index in [0.717, 1.165) is 23.2 Å². The summed E-state index contributed by atoms with van der Waals surface area (Å²) in [6.45, 7) is 1.96. The van der Waals surface area contributed by atoms with Gasteiger partial charge in [-0.05, 0) is 12.5 Å². The predicted octanol–water partition coefficient (Wildman–Crippen LogP) is 1.32. The highest BCUT2D eigenvalue weighted by molar-refractivity contribution is 6.33. The van der Waals surface area contributed by atoms with Crippen molar-refractivity contribution in [2.45, 2.75) is 19.4 Å². The average molecular weight is 171 g/mol. The van der Waals surface area contributed by atoms with Crippen molar-refractivity contribution in [3.63, 3.8) is 0 Å². The minimum atomic E-state index is 0.0150. The molecule has 1 aliphatic rings. The van der Waals surface area contributed by atoms with Crippen LogP contribution in [0, 0.1) is 0 Å². The first-order valence-corrected chi connectivity index (χ1v) is 4.31. The second-order valence-electron chi connectivity index (χ2n) is 3.25. The lowest BCUT2D eigenvalue weighted by molar-refractivity contribution is 0.0864. The van der Waals surface area contributed by atoms with Gasteiger partial charge in [0.15, 0.2) is 6.10 Å². The molecule has 1 atom stereocenters. The summed E-state index contributed by atoms with van der Waals surface area (Å²) in [5.41, 5.74) is 2.83. The number of hydrogen-bond donors (Lipinski definition) is 0. The summed E-state index contributed by atoms with van der Waals surface area (Å²) in [5, 5.41) is 3.90. The van der Waals surface area contributed by atoms with E-state index in [1.807, 2.05) is 31.2 Å². The van der Waals surface area contributed by atoms with Crippen molar-refractivity contribution >= 4 is 19.0 Å². The molecule has 0 amide bonds. The average Bonchev–Trinajstić information content (AvgIpc) is 2.53. The topological polar surface area (TPSA) is 21.6 Å². The first-order valence-electron chi connectivity index (χ1n) is 4.31. The van der Waals surface area contributed by atoms with Crippen LogP contribution in [0.1, 0.15) is 25.0 Å². The molecule has 2 radical (unpaired) electrons. The van der Waals surface area contributed by atoms with E-state index in [-0.39, 0.29) is 6.10 Å². The summed E-state index contributed by atoms with van der Waals surface area (Å²) >= 11 is 0. The Morgan fingerprint density at radius 3 is 2.85 bits per heavy atom. The van der Waals surface area contributed by atoms with Crippen LogP contribution in [0.15, 0.2) is 29.4 Å². The highest BCUT2D eigenvalue weighted by Gasteiger charge is 2.20. The molecule has 0 aromatic heterocycles. The molecule has 13 heavy (non-hydrogen) atoms. The Labute approximate surface area is 79.0 Å². The van der Waals surface area contributed by atoms with Gasteiger partial charge in [-0.3, -0.25) is 0 Å². The Morgan fingerprint density at radius 2 is 2.23 bits per heavy atom. The Balaban J connectivity index is 2.23. The lowest BCUT2D eigenvalue weighted by atomic mass is 9.87. The van der Waals surface area contributed by atoms with E-state index >= 15 is 0 Å². The fourth-order valence-corrected chi connectivity index (χ4v) is 1.47. The molecule has 0 saturated carbocycles. The maximum atomic E-state index is 5.81. The number of oxime groups is 1. The lowest BCUT2D eigenvalue weighted by Crippen LogP contribution is -2.13. The highest BCUT2D eigenvalue weighted by Crippen LogP contribution is 2.25. The maximum absolute atomic E-state index is 5.81. The smallest absolute Gasteiger partial charge is 0.157 e. The van der Waals surface area contributed by atoms with Gasteiger partial charge in [-0.15, -0.1) is 0 Å². The molecule has 0 N–H and O–H groups in total. The lowest BCUT2D eigenvalue weighted by Gasteiger charge is -2.11. The van der Waals surface area contributed by atoms with Crippen LogP contribution >= 0.6 is 0 Å². The van der Waals surface area contributed by atoms with Crippen LogP contribution in [0.5, 0.6) is 0 Å². The van der Waals surface area contributed by atoms with Crippen molar-refractivity contribution in [2.24, 2.45) is 5.16 Å². The van der Waals surface area contributed by atoms with Crippen molar-refractivity contribution in [1.29, 1.82) is 0 Å². The zero-order valence-electron chi connectivity index (χ0n) is 7.53. The van der Waals surface area contributed by atoms with Gasteiger partial charge in [-0.25, -0.2) is 0 Å². The minimum Gasteiger partial charge on any atom is -0.387 e. The molecular weight excluding hydrogens is 161 g/mol. The zero-order valence-corrected chi connectivity index (χ0v) is 7.53. The molecule has 0 spiro atoms. The predicted molar refractivity (Wildman–Crippen MR) is 53.4 cm³/mol. The van der Waals surface area contributed by atoms with E-state index < -0.39 is 0 Å². The van der Waals surface area contributed by atoms with Crippen molar-refractivity contribution in [3.8, 4) is 0 Å². The van der Waals surface area contributed by atoms with Crippen LogP contribution in [-0.2, 0) is 4.84 Å². The van der Waals surface area contributed by atoms with E-state index in [1.165, 1.54) is 0 Å². The standard InChI is InChI=1S/C10H10BNO/c1-7-6-10(13-12-7)8-4-2-3-5-9(8)11/h2-5,10H,6H2,1H3. The molecule has 3 heteroatoms. The van der Waals surface area contributed by atoms with E-state index in [2.05, 4.69) is 5.16 Å². The Morgan fingerprint density at radius 1 is 1.46 bits per heavy atom. The van der Waals surface area contributed by atoms with Crippen LogP contribution in [0.2, 0.25) is 0 Å². The zero-order chi connectivity index (χ0) is 9.26. The van der Waals surface area contributed by atoms with Crippen LogP contribution in [0.3, 0.4) is 0 Å². The summed E-state index contributed by atoms with van der Waals surface area (Å²) in [6.07, 6.45) is 0.856. The van der Waals surface area contributed by atoms with Crippen LogP contribution < -0.4 is 5.46 Å². The van der Waals surface area contributed by atoms with E-state index in [0.29, 0.717) is 0 Å². The highest BCUT2D eigenvalue weighted by atomic mass is 16.6. The molecule has 0 saturated heterocycles. The van der Waals surface area contributed by atoms with E-state index in [9.17, 15) is 0 Å². The Kier molecular flexibility index (Phi) is 2.09. The van der Waals surface area contributed by atoms with Gasteiger partial charge < -0.3 is 4.84 Å². The largest absolute Gasteiger partial charge is 0.387 e. The fraction of sp³-hybridized carbons (Fsp3) is 0.300. The number of hydrogen-bond acceptors (Lipinski definition) is 2. The van der Waals surface area contributed by atoms with Gasteiger partial charge in [0.2, 0.25) is 0 Å². The van der Waals surface area contributed by atoms with Gasteiger partial charge in [-0.2, -0.15) is 0 Å². The van der Waals surface area contributed by atoms with Gasteiger partial charge in [-0.1, -0.05) is 34.9 Å². The minimum absolute atomic E-state index is 0.0150. The molecule has 0 aliphatic carbocycles. The van der Waals surface area contributed by atoms with Crippen molar-refractivity contribution < 1.29 is 4.84 Å². The second-order valence-corrected chi connectivity index (χ2v) is 3.25. The fourth-order valence-electron chi connectivity index (χ4n) is 1.47. The second kappa shape index (κ2) is 3.25. The summed E-state index contributed by atoms with van der Waals surface area (Å²) in [4.78, 5) is 5.24. The first kappa shape index (κ1) is 8.36. The number of rotatable bonds is 1.